The molecular weight excluding hydrogens is 230 g/mol. The van der Waals surface area contributed by atoms with Crippen LogP contribution in [-0.4, -0.2) is 5.38 Å². The maximum Gasteiger partial charge on any atom is 0.159 e. The van der Waals surface area contributed by atoms with Gasteiger partial charge in [0.15, 0.2) is 11.6 Å². The van der Waals surface area contributed by atoms with Crippen molar-refractivity contribution in [3.63, 3.8) is 0 Å². The number of benzene rings is 1. The molecule has 16 heavy (non-hydrogen) atoms. The van der Waals surface area contributed by atoms with Crippen molar-refractivity contribution in [3.05, 3.63) is 35.4 Å². The van der Waals surface area contributed by atoms with Gasteiger partial charge in [0.1, 0.15) is 0 Å². The van der Waals surface area contributed by atoms with Gasteiger partial charge in [-0.25, -0.2) is 8.78 Å². The molecule has 0 N–H and O–H groups in total. The van der Waals surface area contributed by atoms with Crippen LogP contribution in [0.4, 0.5) is 8.78 Å². The third kappa shape index (κ3) is 4.09. The molecule has 0 saturated heterocycles. The van der Waals surface area contributed by atoms with Crippen molar-refractivity contribution >= 4 is 11.6 Å². The molecule has 0 amide bonds. The van der Waals surface area contributed by atoms with Gasteiger partial charge in [-0.3, -0.25) is 0 Å². The lowest BCUT2D eigenvalue weighted by atomic mass is 9.82. The molecule has 0 heterocycles. The molecule has 0 aromatic heterocycles. The Morgan fingerprint density at radius 3 is 2.38 bits per heavy atom. The average Bonchev–Trinajstić information content (AvgIpc) is 2.08. The van der Waals surface area contributed by atoms with E-state index in [1.54, 1.807) is 6.07 Å². The van der Waals surface area contributed by atoms with E-state index < -0.39 is 11.6 Å². The Morgan fingerprint density at radius 2 is 1.88 bits per heavy atom. The molecule has 0 radical (unpaired) electrons. The molecule has 1 unspecified atom stereocenters. The van der Waals surface area contributed by atoms with E-state index in [9.17, 15) is 8.78 Å². The Labute approximate surface area is 101 Å². The van der Waals surface area contributed by atoms with E-state index in [0.717, 1.165) is 12.0 Å². The molecule has 0 aliphatic heterocycles. The second-order valence-corrected chi connectivity index (χ2v) is 5.82. The molecule has 0 saturated carbocycles. The third-order valence-corrected chi connectivity index (χ3v) is 2.65. The highest BCUT2D eigenvalue weighted by Gasteiger charge is 2.21. The molecular formula is C13H17ClF2. The molecule has 1 rings (SSSR count). The quantitative estimate of drug-likeness (QED) is 0.684. The summed E-state index contributed by atoms with van der Waals surface area (Å²) < 4.78 is 25.8. The lowest BCUT2D eigenvalue weighted by Crippen LogP contribution is -2.19. The molecule has 0 aliphatic carbocycles. The summed E-state index contributed by atoms with van der Waals surface area (Å²) in [6.07, 6.45) is 1.54. The predicted molar refractivity (Wildman–Crippen MR) is 63.8 cm³/mol. The molecule has 0 fully saturated rings. The van der Waals surface area contributed by atoms with Crippen molar-refractivity contribution in [1.29, 1.82) is 0 Å². The Bertz CT molecular complexity index is 359. The Hall–Kier alpha value is -0.630. The first-order valence-electron chi connectivity index (χ1n) is 5.38. The summed E-state index contributed by atoms with van der Waals surface area (Å²) in [6.45, 7) is 6.09. The van der Waals surface area contributed by atoms with E-state index in [2.05, 4.69) is 13.8 Å². The topological polar surface area (TPSA) is 0 Å². The largest absolute Gasteiger partial charge is 0.204 e. The van der Waals surface area contributed by atoms with Gasteiger partial charge in [-0.1, -0.05) is 19.9 Å². The highest BCUT2D eigenvalue weighted by atomic mass is 35.5. The van der Waals surface area contributed by atoms with Crippen LogP contribution in [0.2, 0.25) is 0 Å². The summed E-state index contributed by atoms with van der Waals surface area (Å²) in [5.74, 6) is -1.58. The lowest BCUT2D eigenvalue weighted by molar-refractivity contribution is 0.331. The zero-order chi connectivity index (χ0) is 12.3. The molecule has 1 atom stereocenters. The SMILES string of the molecule is CC(Cl)CC(C)(C)Cc1ccc(F)c(F)c1. The fourth-order valence-corrected chi connectivity index (χ4v) is 2.45. The van der Waals surface area contributed by atoms with Gasteiger partial charge in [0.2, 0.25) is 0 Å². The van der Waals surface area contributed by atoms with Gasteiger partial charge in [0.05, 0.1) is 0 Å². The molecule has 1 aromatic rings. The van der Waals surface area contributed by atoms with Gasteiger partial charge in [0, 0.05) is 5.38 Å². The van der Waals surface area contributed by atoms with Gasteiger partial charge in [-0.15, -0.1) is 11.6 Å². The van der Waals surface area contributed by atoms with Gasteiger partial charge in [0.25, 0.3) is 0 Å². The van der Waals surface area contributed by atoms with Crippen LogP contribution in [0.5, 0.6) is 0 Å². The van der Waals surface area contributed by atoms with Crippen LogP contribution in [-0.2, 0) is 6.42 Å². The zero-order valence-corrected chi connectivity index (χ0v) is 10.6. The number of halogens is 3. The first-order chi connectivity index (χ1) is 7.30. The van der Waals surface area contributed by atoms with E-state index in [1.807, 2.05) is 6.92 Å². The fraction of sp³-hybridized carbons (Fsp3) is 0.538. The first-order valence-corrected chi connectivity index (χ1v) is 5.82. The highest BCUT2D eigenvalue weighted by Crippen LogP contribution is 2.29. The molecule has 0 spiro atoms. The third-order valence-electron chi connectivity index (χ3n) is 2.50. The van der Waals surface area contributed by atoms with Crippen molar-refractivity contribution < 1.29 is 8.78 Å². The van der Waals surface area contributed by atoms with Crippen LogP contribution in [0.1, 0.15) is 32.8 Å². The van der Waals surface area contributed by atoms with Crippen LogP contribution in [0.3, 0.4) is 0 Å². The highest BCUT2D eigenvalue weighted by molar-refractivity contribution is 6.20. The maximum absolute atomic E-state index is 13.0. The molecule has 90 valence electrons. The summed E-state index contributed by atoms with van der Waals surface area (Å²) in [4.78, 5) is 0. The van der Waals surface area contributed by atoms with Gasteiger partial charge in [-0.05, 0) is 42.9 Å². The van der Waals surface area contributed by atoms with E-state index in [4.69, 9.17) is 11.6 Å². The zero-order valence-electron chi connectivity index (χ0n) is 9.86. The molecule has 0 aliphatic rings. The van der Waals surface area contributed by atoms with Gasteiger partial charge in [-0.2, -0.15) is 0 Å². The van der Waals surface area contributed by atoms with E-state index in [1.165, 1.54) is 12.1 Å². The predicted octanol–water partition coefficient (Wildman–Crippen LogP) is 4.55. The summed E-state index contributed by atoms with van der Waals surface area (Å²) in [7, 11) is 0. The minimum atomic E-state index is -0.799. The summed E-state index contributed by atoms with van der Waals surface area (Å²) in [6, 6.07) is 4.06. The standard InChI is InChI=1S/C13H17ClF2/c1-9(14)7-13(2,3)8-10-4-5-11(15)12(16)6-10/h4-6,9H,7-8H2,1-3H3. The van der Waals surface area contributed by atoms with Crippen molar-refractivity contribution in [2.75, 3.05) is 0 Å². The molecule has 3 heteroatoms. The summed E-state index contributed by atoms with van der Waals surface area (Å²) in [5.41, 5.74) is 0.798. The van der Waals surface area contributed by atoms with Crippen molar-refractivity contribution in [2.24, 2.45) is 5.41 Å². The molecule has 1 aromatic carbocycles. The van der Waals surface area contributed by atoms with Crippen LogP contribution in [0.25, 0.3) is 0 Å². The Kier molecular flexibility index (Phi) is 4.31. The number of hydrogen-bond donors (Lipinski definition) is 0. The van der Waals surface area contributed by atoms with Crippen LogP contribution in [0, 0.1) is 17.0 Å². The molecule has 0 nitrogen and oxygen atoms in total. The number of hydrogen-bond acceptors (Lipinski definition) is 0. The second kappa shape index (κ2) is 5.13. The lowest BCUT2D eigenvalue weighted by Gasteiger charge is -2.26. The minimum Gasteiger partial charge on any atom is -0.204 e. The van der Waals surface area contributed by atoms with E-state index in [0.29, 0.717) is 6.42 Å². The summed E-state index contributed by atoms with van der Waals surface area (Å²) >= 11 is 5.95. The Balaban J connectivity index is 2.76. The van der Waals surface area contributed by atoms with Crippen LogP contribution in [0.15, 0.2) is 18.2 Å². The first kappa shape index (κ1) is 13.4. The summed E-state index contributed by atoms with van der Waals surface area (Å²) in [5, 5.41) is 0.0836. The van der Waals surface area contributed by atoms with Gasteiger partial charge < -0.3 is 0 Å². The monoisotopic (exact) mass is 246 g/mol. The maximum atomic E-state index is 13.0. The molecule has 0 bridgehead atoms. The van der Waals surface area contributed by atoms with Crippen molar-refractivity contribution in [2.45, 2.75) is 39.0 Å². The Morgan fingerprint density at radius 1 is 1.25 bits per heavy atom. The fourth-order valence-electron chi connectivity index (χ4n) is 2.04. The number of alkyl halides is 1. The number of rotatable bonds is 4. The van der Waals surface area contributed by atoms with Gasteiger partial charge >= 0.3 is 0 Å². The van der Waals surface area contributed by atoms with Crippen LogP contribution < -0.4 is 0 Å². The second-order valence-electron chi connectivity index (χ2n) is 5.07. The van der Waals surface area contributed by atoms with E-state index in [-0.39, 0.29) is 10.8 Å². The van der Waals surface area contributed by atoms with Crippen molar-refractivity contribution in [3.8, 4) is 0 Å². The van der Waals surface area contributed by atoms with E-state index >= 15 is 0 Å². The average molecular weight is 247 g/mol. The van der Waals surface area contributed by atoms with Crippen LogP contribution >= 0.6 is 11.6 Å². The smallest absolute Gasteiger partial charge is 0.159 e. The minimum absolute atomic E-state index is 0.00850. The van der Waals surface area contributed by atoms with Crippen molar-refractivity contribution in [1.82, 2.24) is 0 Å². The normalized spacial score (nSPS) is 13.9.